The van der Waals surface area contributed by atoms with Gasteiger partial charge in [0.25, 0.3) is 11.6 Å². The van der Waals surface area contributed by atoms with Crippen molar-refractivity contribution in [3.63, 3.8) is 0 Å². The molecule has 1 aliphatic rings. The fraction of sp³-hybridized carbons (Fsp3) is 0.462. The van der Waals surface area contributed by atoms with Crippen LogP contribution in [-0.4, -0.2) is 40.0 Å². The molecule has 21 heavy (non-hydrogen) atoms. The first kappa shape index (κ1) is 15.2. The van der Waals surface area contributed by atoms with E-state index >= 15 is 0 Å². The van der Waals surface area contributed by atoms with E-state index in [-0.39, 0.29) is 17.2 Å². The lowest BCUT2D eigenvalue weighted by Crippen LogP contribution is -2.45. The Morgan fingerprint density at radius 2 is 2.29 bits per heavy atom. The predicted octanol–water partition coefficient (Wildman–Crippen LogP) is 0.723. The van der Waals surface area contributed by atoms with Crippen molar-refractivity contribution in [2.75, 3.05) is 18.5 Å². The molecule has 2 unspecified atom stereocenters. The summed E-state index contributed by atoms with van der Waals surface area (Å²) in [5.74, 6) is 4.81. The highest BCUT2D eigenvalue weighted by Gasteiger charge is 2.31. The number of aliphatic hydroxyl groups excluding tert-OH is 1. The highest BCUT2D eigenvalue weighted by Crippen LogP contribution is 2.26. The first-order valence-electron chi connectivity index (χ1n) is 6.66. The number of aliphatic hydroxyl groups is 1. The summed E-state index contributed by atoms with van der Waals surface area (Å²) < 4.78 is 0. The van der Waals surface area contributed by atoms with Gasteiger partial charge in [0.05, 0.1) is 11.0 Å². The number of rotatable bonds is 3. The second-order valence-electron chi connectivity index (χ2n) is 5.22. The summed E-state index contributed by atoms with van der Waals surface area (Å²) in [7, 11) is 0. The van der Waals surface area contributed by atoms with Crippen LogP contribution in [0.4, 0.5) is 11.4 Å². The number of hydrogen-bond donors (Lipinski definition) is 3. The topological polar surface area (TPSA) is 122 Å². The summed E-state index contributed by atoms with van der Waals surface area (Å²) in [5, 5.41) is 20.8. The number of nitro benzene ring substituents is 1. The molecule has 114 valence electrons. The Morgan fingerprint density at radius 3 is 2.86 bits per heavy atom. The van der Waals surface area contributed by atoms with Crippen LogP contribution in [0.2, 0.25) is 0 Å². The van der Waals surface area contributed by atoms with Gasteiger partial charge < -0.3 is 15.4 Å². The molecule has 2 atom stereocenters. The van der Waals surface area contributed by atoms with Gasteiger partial charge in [0.15, 0.2) is 0 Å². The molecule has 8 nitrogen and oxygen atoms in total. The maximum atomic E-state index is 12.5. The van der Waals surface area contributed by atoms with E-state index in [4.69, 9.17) is 5.84 Å². The van der Waals surface area contributed by atoms with Crippen LogP contribution in [0.1, 0.15) is 23.7 Å². The second kappa shape index (κ2) is 6.06. The molecule has 1 aliphatic heterocycles. The van der Waals surface area contributed by atoms with Crippen LogP contribution < -0.4 is 11.3 Å². The fourth-order valence-electron chi connectivity index (χ4n) is 2.44. The van der Waals surface area contributed by atoms with Crippen LogP contribution in [-0.2, 0) is 0 Å². The van der Waals surface area contributed by atoms with Crippen molar-refractivity contribution < 1.29 is 14.8 Å². The third-order valence-corrected chi connectivity index (χ3v) is 3.74. The molecule has 0 radical (unpaired) electrons. The third-order valence-electron chi connectivity index (χ3n) is 3.74. The summed E-state index contributed by atoms with van der Waals surface area (Å²) >= 11 is 0. The number of likely N-dealkylation sites (tertiary alicyclic amines) is 1. The largest absolute Gasteiger partial charge is 0.393 e. The minimum absolute atomic E-state index is 0.000889. The average molecular weight is 294 g/mol. The number of piperidine rings is 1. The third kappa shape index (κ3) is 3.11. The molecule has 0 aromatic heterocycles. The van der Waals surface area contributed by atoms with Gasteiger partial charge in [-0.15, -0.1) is 0 Å². The Morgan fingerprint density at radius 1 is 1.57 bits per heavy atom. The molecule has 1 aromatic carbocycles. The van der Waals surface area contributed by atoms with Gasteiger partial charge in [-0.05, 0) is 24.5 Å². The Labute approximate surface area is 121 Å². The number of carbonyl (C=O) groups excluding carboxylic acids is 1. The number of nitrogen functional groups attached to an aromatic ring is 1. The zero-order chi connectivity index (χ0) is 15.6. The van der Waals surface area contributed by atoms with E-state index in [1.54, 1.807) is 0 Å². The molecule has 1 heterocycles. The number of anilines is 1. The van der Waals surface area contributed by atoms with E-state index in [9.17, 15) is 20.0 Å². The van der Waals surface area contributed by atoms with Gasteiger partial charge in [-0.2, -0.15) is 0 Å². The van der Waals surface area contributed by atoms with Crippen molar-refractivity contribution in [2.24, 2.45) is 11.8 Å². The quantitative estimate of drug-likeness (QED) is 0.429. The zero-order valence-corrected chi connectivity index (χ0v) is 11.7. The molecule has 1 amide bonds. The van der Waals surface area contributed by atoms with Gasteiger partial charge >= 0.3 is 0 Å². The normalized spacial score (nSPS) is 22.0. The molecule has 1 fully saturated rings. The van der Waals surface area contributed by atoms with Crippen molar-refractivity contribution in [1.82, 2.24) is 4.90 Å². The van der Waals surface area contributed by atoms with Crippen LogP contribution in [0, 0.1) is 16.0 Å². The Balaban J connectivity index is 2.31. The standard InChI is InChI=1S/C13H18N4O4/c1-8-7-16(5-4-12(8)18)13(19)10-6-9(15-14)2-3-11(10)17(20)21/h2-3,6,8,12,15,18H,4-5,7,14H2,1H3. The van der Waals surface area contributed by atoms with Gasteiger partial charge in [-0.1, -0.05) is 6.92 Å². The fourth-order valence-corrected chi connectivity index (χ4v) is 2.44. The molecule has 2 rings (SSSR count). The SMILES string of the molecule is CC1CN(C(=O)c2cc(NN)ccc2[N+](=O)[O-])CCC1O. The van der Waals surface area contributed by atoms with E-state index in [2.05, 4.69) is 5.43 Å². The molecular formula is C13H18N4O4. The van der Waals surface area contributed by atoms with Crippen LogP contribution in [0.3, 0.4) is 0 Å². The Kier molecular flexibility index (Phi) is 4.39. The predicted molar refractivity (Wildman–Crippen MR) is 76.6 cm³/mol. The van der Waals surface area contributed by atoms with Crippen molar-refractivity contribution >= 4 is 17.3 Å². The van der Waals surface area contributed by atoms with Gasteiger partial charge in [0, 0.05) is 24.8 Å². The molecule has 4 N–H and O–H groups in total. The maximum absolute atomic E-state index is 12.5. The number of hydrogen-bond acceptors (Lipinski definition) is 6. The van der Waals surface area contributed by atoms with Gasteiger partial charge in [-0.3, -0.25) is 20.8 Å². The Bertz CT molecular complexity index is 563. The monoisotopic (exact) mass is 294 g/mol. The Hall–Kier alpha value is -2.19. The summed E-state index contributed by atoms with van der Waals surface area (Å²) in [5.41, 5.74) is 2.55. The van der Waals surface area contributed by atoms with E-state index in [1.165, 1.54) is 23.1 Å². The van der Waals surface area contributed by atoms with E-state index in [1.807, 2.05) is 6.92 Å². The summed E-state index contributed by atoms with van der Waals surface area (Å²) in [6.07, 6.45) is 0.0243. The maximum Gasteiger partial charge on any atom is 0.282 e. The number of nitro groups is 1. The van der Waals surface area contributed by atoms with Crippen molar-refractivity contribution in [2.45, 2.75) is 19.4 Å². The first-order chi connectivity index (χ1) is 9.93. The summed E-state index contributed by atoms with van der Waals surface area (Å²) in [4.78, 5) is 24.5. The van der Waals surface area contributed by atoms with Crippen LogP contribution in [0.15, 0.2) is 18.2 Å². The molecule has 0 spiro atoms. The lowest BCUT2D eigenvalue weighted by Gasteiger charge is -2.34. The number of amides is 1. The number of hydrazine groups is 1. The van der Waals surface area contributed by atoms with Gasteiger partial charge in [0.1, 0.15) is 5.56 Å². The zero-order valence-electron chi connectivity index (χ0n) is 11.7. The minimum atomic E-state index is -0.588. The summed E-state index contributed by atoms with van der Waals surface area (Å²) in [6, 6.07) is 4.07. The first-order valence-corrected chi connectivity index (χ1v) is 6.66. The van der Waals surface area contributed by atoms with Crippen molar-refractivity contribution in [3.8, 4) is 0 Å². The van der Waals surface area contributed by atoms with E-state index in [0.29, 0.717) is 25.2 Å². The second-order valence-corrected chi connectivity index (χ2v) is 5.22. The van der Waals surface area contributed by atoms with Crippen LogP contribution in [0.25, 0.3) is 0 Å². The molecular weight excluding hydrogens is 276 g/mol. The molecule has 0 saturated carbocycles. The van der Waals surface area contributed by atoms with E-state index < -0.39 is 16.9 Å². The number of benzene rings is 1. The highest BCUT2D eigenvalue weighted by atomic mass is 16.6. The van der Waals surface area contributed by atoms with Gasteiger partial charge in [-0.25, -0.2) is 0 Å². The molecule has 0 bridgehead atoms. The molecule has 1 aromatic rings. The number of nitrogens with zero attached hydrogens (tertiary/aromatic N) is 2. The number of carbonyl (C=O) groups is 1. The van der Waals surface area contributed by atoms with Crippen molar-refractivity contribution in [3.05, 3.63) is 33.9 Å². The van der Waals surface area contributed by atoms with Gasteiger partial charge in [0.2, 0.25) is 0 Å². The van der Waals surface area contributed by atoms with Crippen molar-refractivity contribution in [1.29, 1.82) is 0 Å². The highest BCUT2D eigenvalue weighted by molar-refractivity contribution is 5.99. The van der Waals surface area contributed by atoms with Crippen LogP contribution >= 0.6 is 0 Å². The average Bonchev–Trinajstić information content (AvgIpc) is 2.48. The smallest absolute Gasteiger partial charge is 0.282 e. The van der Waals surface area contributed by atoms with E-state index in [0.717, 1.165) is 0 Å². The molecule has 8 heteroatoms. The lowest BCUT2D eigenvalue weighted by atomic mass is 9.96. The number of nitrogens with one attached hydrogen (secondary N) is 1. The number of nitrogens with two attached hydrogens (primary N) is 1. The van der Waals surface area contributed by atoms with Crippen LogP contribution in [0.5, 0.6) is 0 Å². The molecule has 0 aliphatic carbocycles. The molecule has 1 saturated heterocycles. The summed E-state index contributed by atoms with van der Waals surface area (Å²) in [6.45, 7) is 2.59. The minimum Gasteiger partial charge on any atom is -0.393 e. The lowest BCUT2D eigenvalue weighted by molar-refractivity contribution is -0.385.